The van der Waals surface area contributed by atoms with Gasteiger partial charge in [0.1, 0.15) is 6.54 Å². The minimum absolute atomic E-state index is 0.00556. The third-order valence-electron chi connectivity index (χ3n) is 5.00. The van der Waals surface area contributed by atoms with Gasteiger partial charge in [-0.3, -0.25) is 4.79 Å². The quantitative estimate of drug-likeness (QED) is 0.453. The standard InChI is InChI=1S/C23H24N4O2/c1-16(18-11-10-17-6-2-3-7-19(17)14-18)25-22(29)15-27-21-9-5-4-8-20(21)26-23(27)24-12-13-28/h2-11,14,16,28H,12-13,15H2,1H3,(H,24,26)(H,25,29)/t16-/m0/s1. The van der Waals surface area contributed by atoms with Crippen molar-refractivity contribution in [3.8, 4) is 0 Å². The van der Waals surface area contributed by atoms with Crippen LogP contribution in [0.2, 0.25) is 0 Å². The number of hydrogen-bond acceptors (Lipinski definition) is 4. The van der Waals surface area contributed by atoms with E-state index in [1.54, 1.807) is 0 Å². The molecule has 29 heavy (non-hydrogen) atoms. The Labute approximate surface area is 169 Å². The molecule has 0 saturated carbocycles. The highest BCUT2D eigenvalue weighted by Gasteiger charge is 2.15. The zero-order valence-corrected chi connectivity index (χ0v) is 16.3. The average Bonchev–Trinajstić information content (AvgIpc) is 3.09. The average molecular weight is 388 g/mol. The second-order valence-corrected chi connectivity index (χ2v) is 7.06. The summed E-state index contributed by atoms with van der Waals surface area (Å²) in [5, 5.41) is 17.6. The van der Waals surface area contributed by atoms with Crippen molar-refractivity contribution >= 4 is 33.7 Å². The molecule has 4 rings (SSSR count). The van der Waals surface area contributed by atoms with Crippen molar-refractivity contribution in [3.63, 3.8) is 0 Å². The fourth-order valence-corrected chi connectivity index (χ4v) is 3.53. The molecule has 0 radical (unpaired) electrons. The number of carbonyl (C=O) groups excluding carboxylic acids is 1. The molecule has 6 heteroatoms. The van der Waals surface area contributed by atoms with E-state index in [0.717, 1.165) is 22.0 Å². The zero-order chi connectivity index (χ0) is 20.2. The monoisotopic (exact) mass is 388 g/mol. The first kappa shape index (κ1) is 19.0. The van der Waals surface area contributed by atoms with Crippen molar-refractivity contribution in [2.45, 2.75) is 19.5 Å². The molecule has 3 aromatic carbocycles. The summed E-state index contributed by atoms with van der Waals surface area (Å²) in [5.41, 5.74) is 2.75. The first-order chi connectivity index (χ1) is 14.2. The summed E-state index contributed by atoms with van der Waals surface area (Å²) in [6.07, 6.45) is 0. The van der Waals surface area contributed by atoms with Gasteiger partial charge in [-0.2, -0.15) is 0 Å². The minimum Gasteiger partial charge on any atom is -0.395 e. The van der Waals surface area contributed by atoms with Gasteiger partial charge < -0.3 is 20.3 Å². The lowest BCUT2D eigenvalue weighted by atomic mass is 10.0. The maximum absolute atomic E-state index is 12.8. The number of fused-ring (bicyclic) bond motifs is 2. The van der Waals surface area contributed by atoms with Crippen LogP contribution in [0.4, 0.5) is 5.95 Å². The molecule has 0 bridgehead atoms. The molecule has 0 aliphatic heterocycles. The number of aliphatic hydroxyl groups is 1. The molecule has 6 nitrogen and oxygen atoms in total. The van der Waals surface area contributed by atoms with Gasteiger partial charge in [-0.05, 0) is 41.5 Å². The molecule has 0 unspecified atom stereocenters. The maximum Gasteiger partial charge on any atom is 0.240 e. The van der Waals surface area contributed by atoms with Crippen molar-refractivity contribution in [1.82, 2.24) is 14.9 Å². The number of anilines is 1. The summed E-state index contributed by atoms with van der Waals surface area (Å²) in [4.78, 5) is 17.3. The summed E-state index contributed by atoms with van der Waals surface area (Å²) in [7, 11) is 0. The number of hydrogen-bond donors (Lipinski definition) is 3. The largest absolute Gasteiger partial charge is 0.395 e. The molecule has 1 amide bonds. The maximum atomic E-state index is 12.8. The summed E-state index contributed by atoms with van der Waals surface area (Å²) in [6.45, 7) is 2.50. The number of para-hydroxylation sites is 2. The van der Waals surface area contributed by atoms with E-state index in [1.165, 1.54) is 5.39 Å². The Morgan fingerprint density at radius 3 is 2.66 bits per heavy atom. The van der Waals surface area contributed by atoms with E-state index < -0.39 is 0 Å². The number of aliphatic hydroxyl groups excluding tert-OH is 1. The first-order valence-corrected chi connectivity index (χ1v) is 9.74. The normalized spacial score (nSPS) is 12.2. The van der Waals surface area contributed by atoms with Crippen LogP contribution in [0, 0.1) is 0 Å². The fraction of sp³-hybridized carbons (Fsp3) is 0.217. The molecule has 1 atom stereocenters. The highest BCUT2D eigenvalue weighted by atomic mass is 16.3. The number of amides is 1. The van der Waals surface area contributed by atoms with Crippen molar-refractivity contribution in [2.75, 3.05) is 18.5 Å². The summed E-state index contributed by atoms with van der Waals surface area (Å²) < 4.78 is 1.84. The summed E-state index contributed by atoms with van der Waals surface area (Å²) >= 11 is 0. The van der Waals surface area contributed by atoms with Gasteiger partial charge in [0.25, 0.3) is 0 Å². The van der Waals surface area contributed by atoms with Gasteiger partial charge in [-0.15, -0.1) is 0 Å². The van der Waals surface area contributed by atoms with Crippen LogP contribution < -0.4 is 10.6 Å². The molecule has 0 spiro atoms. The topological polar surface area (TPSA) is 79.2 Å². The molecule has 3 N–H and O–H groups in total. The molecule has 0 aliphatic rings. The van der Waals surface area contributed by atoms with Crippen LogP contribution in [0.3, 0.4) is 0 Å². The Kier molecular flexibility index (Phi) is 5.44. The van der Waals surface area contributed by atoms with Crippen LogP contribution in [-0.2, 0) is 11.3 Å². The van der Waals surface area contributed by atoms with E-state index in [9.17, 15) is 4.79 Å². The number of rotatable bonds is 7. The smallest absolute Gasteiger partial charge is 0.240 e. The number of aromatic nitrogens is 2. The van der Waals surface area contributed by atoms with Crippen molar-refractivity contribution < 1.29 is 9.90 Å². The third kappa shape index (κ3) is 4.07. The molecule has 0 aliphatic carbocycles. The molecule has 4 aromatic rings. The highest BCUT2D eigenvalue weighted by molar-refractivity contribution is 5.85. The Balaban J connectivity index is 1.52. The fourth-order valence-electron chi connectivity index (χ4n) is 3.53. The van der Waals surface area contributed by atoms with Crippen LogP contribution in [-0.4, -0.2) is 33.7 Å². The van der Waals surface area contributed by atoms with Crippen LogP contribution >= 0.6 is 0 Å². The lowest BCUT2D eigenvalue weighted by Crippen LogP contribution is -2.30. The number of carbonyl (C=O) groups is 1. The first-order valence-electron chi connectivity index (χ1n) is 9.74. The Morgan fingerprint density at radius 1 is 1.07 bits per heavy atom. The van der Waals surface area contributed by atoms with E-state index in [0.29, 0.717) is 12.5 Å². The Morgan fingerprint density at radius 2 is 1.83 bits per heavy atom. The van der Waals surface area contributed by atoms with E-state index >= 15 is 0 Å². The molecule has 1 heterocycles. The minimum atomic E-state index is -0.115. The van der Waals surface area contributed by atoms with Gasteiger partial charge >= 0.3 is 0 Å². The summed E-state index contributed by atoms with van der Waals surface area (Å²) in [5.74, 6) is 0.481. The SMILES string of the molecule is C[C@H](NC(=O)Cn1c(NCCO)nc2ccccc21)c1ccc2ccccc2c1. The number of nitrogens with zero attached hydrogens (tertiary/aromatic N) is 2. The number of benzene rings is 3. The van der Waals surface area contributed by atoms with Crippen LogP contribution in [0.1, 0.15) is 18.5 Å². The van der Waals surface area contributed by atoms with Crippen LogP contribution in [0.25, 0.3) is 21.8 Å². The van der Waals surface area contributed by atoms with Crippen molar-refractivity contribution in [1.29, 1.82) is 0 Å². The lowest BCUT2D eigenvalue weighted by Gasteiger charge is -2.16. The van der Waals surface area contributed by atoms with E-state index in [4.69, 9.17) is 5.11 Å². The van der Waals surface area contributed by atoms with Crippen LogP contribution in [0.15, 0.2) is 66.7 Å². The molecular formula is C23H24N4O2. The second-order valence-electron chi connectivity index (χ2n) is 7.06. The third-order valence-corrected chi connectivity index (χ3v) is 5.00. The summed E-state index contributed by atoms with van der Waals surface area (Å²) in [6, 6.07) is 22.0. The number of nitrogens with one attached hydrogen (secondary N) is 2. The highest BCUT2D eigenvalue weighted by Crippen LogP contribution is 2.22. The predicted molar refractivity (Wildman–Crippen MR) is 116 cm³/mol. The lowest BCUT2D eigenvalue weighted by molar-refractivity contribution is -0.122. The Bertz CT molecular complexity index is 1150. The zero-order valence-electron chi connectivity index (χ0n) is 16.3. The van der Waals surface area contributed by atoms with Crippen LogP contribution in [0.5, 0.6) is 0 Å². The van der Waals surface area contributed by atoms with Gasteiger partial charge in [0.2, 0.25) is 11.9 Å². The molecule has 1 aromatic heterocycles. The van der Waals surface area contributed by atoms with Crippen molar-refractivity contribution in [2.24, 2.45) is 0 Å². The molecule has 0 saturated heterocycles. The molecule has 148 valence electrons. The van der Waals surface area contributed by atoms with Gasteiger partial charge in [0, 0.05) is 6.54 Å². The molecular weight excluding hydrogens is 364 g/mol. The number of imidazole rings is 1. The molecule has 0 fully saturated rings. The van der Waals surface area contributed by atoms with Crippen molar-refractivity contribution in [3.05, 3.63) is 72.3 Å². The predicted octanol–water partition coefficient (Wildman–Crippen LogP) is 3.47. The van der Waals surface area contributed by atoms with Gasteiger partial charge in [0.05, 0.1) is 23.7 Å². The van der Waals surface area contributed by atoms with E-state index in [2.05, 4.69) is 39.9 Å². The van der Waals surface area contributed by atoms with E-state index in [-0.39, 0.29) is 25.1 Å². The Hall–Kier alpha value is -3.38. The van der Waals surface area contributed by atoms with Gasteiger partial charge in [-0.1, -0.05) is 48.5 Å². The second kappa shape index (κ2) is 8.32. The van der Waals surface area contributed by atoms with Gasteiger partial charge in [0.15, 0.2) is 0 Å². The van der Waals surface area contributed by atoms with E-state index in [1.807, 2.05) is 54.0 Å². The van der Waals surface area contributed by atoms with Gasteiger partial charge in [-0.25, -0.2) is 4.98 Å².